The molecule has 27 heavy (non-hydrogen) atoms. The van der Waals surface area contributed by atoms with Crippen LogP contribution >= 0.6 is 0 Å². The lowest BCUT2D eigenvalue weighted by Gasteiger charge is -2.45. The number of aliphatic hydroxyl groups is 5. The molecule has 154 valence electrons. The van der Waals surface area contributed by atoms with Crippen molar-refractivity contribution in [3.8, 4) is 0 Å². The van der Waals surface area contributed by atoms with Crippen molar-refractivity contribution in [1.29, 1.82) is 0 Å². The number of rotatable bonds is 5. The molecule has 0 spiro atoms. The van der Waals surface area contributed by atoms with Gasteiger partial charge in [-0.15, -0.1) is 0 Å². The number of ketones is 1. The van der Waals surface area contributed by atoms with Gasteiger partial charge in [0.05, 0.1) is 12.7 Å². The second kappa shape index (κ2) is 8.48. The highest BCUT2D eigenvalue weighted by Gasteiger charge is 2.47. The van der Waals surface area contributed by atoms with Crippen molar-refractivity contribution in [3.05, 3.63) is 23.3 Å². The van der Waals surface area contributed by atoms with E-state index in [2.05, 4.69) is 0 Å². The fraction of sp³-hybridized carbons (Fsp3) is 0.737. The molecule has 0 amide bonds. The smallest absolute Gasteiger partial charge is 0.187 e. The highest BCUT2D eigenvalue weighted by Crippen LogP contribution is 2.43. The normalized spacial score (nSPS) is 39.8. The molecule has 1 aliphatic carbocycles. The monoisotopic (exact) mass is 386 g/mol. The summed E-state index contributed by atoms with van der Waals surface area (Å²) in [6.07, 6.45) is -5.14. The highest BCUT2D eigenvalue weighted by atomic mass is 16.7. The van der Waals surface area contributed by atoms with Gasteiger partial charge in [-0.2, -0.15) is 0 Å². The molecule has 1 saturated heterocycles. The predicted octanol–water partition coefficient (Wildman–Crippen LogP) is -0.576. The van der Waals surface area contributed by atoms with Crippen LogP contribution in [0.3, 0.4) is 0 Å². The summed E-state index contributed by atoms with van der Waals surface area (Å²) in [6.45, 7) is 6.54. The van der Waals surface area contributed by atoms with Crippen molar-refractivity contribution in [3.63, 3.8) is 0 Å². The van der Waals surface area contributed by atoms with Crippen LogP contribution in [0.5, 0.6) is 0 Å². The van der Waals surface area contributed by atoms with E-state index in [4.69, 9.17) is 9.47 Å². The third-order valence-electron chi connectivity index (χ3n) is 5.30. The van der Waals surface area contributed by atoms with Gasteiger partial charge in [0.15, 0.2) is 12.1 Å². The number of allylic oxidation sites excluding steroid dienone is 3. The third kappa shape index (κ3) is 4.65. The molecule has 5 N–H and O–H groups in total. The molecule has 0 aromatic carbocycles. The van der Waals surface area contributed by atoms with Gasteiger partial charge in [-0.25, -0.2) is 0 Å². The SMILES string of the molecule is CC(=O)/C=C/C1=C(C)[C@@H](O)[C@@H](O[C@@H]2O[C@@H](CO)[C@@H](O)[C@@H](O)[C@@H]2O)CC1(C)C. The van der Waals surface area contributed by atoms with E-state index in [1.165, 1.54) is 13.0 Å². The van der Waals surface area contributed by atoms with Crippen molar-refractivity contribution in [1.82, 2.24) is 0 Å². The van der Waals surface area contributed by atoms with Crippen LogP contribution in [0, 0.1) is 5.41 Å². The fourth-order valence-electron chi connectivity index (χ4n) is 3.73. The summed E-state index contributed by atoms with van der Waals surface area (Å²) in [5.41, 5.74) is 1.05. The molecule has 1 fully saturated rings. The summed E-state index contributed by atoms with van der Waals surface area (Å²) < 4.78 is 11.1. The Morgan fingerprint density at radius 1 is 1.22 bits per heavy atom. The number of carbonyl (C=O) groups excluding carboxylic acids is 1. The van der Waals surface area contributed by atoms with Crippen LogP contribution in [0.15, 0.2) is 23.3 Å². The van der Waals surface area contributed by atoms with Gasteiger partial charge in [0.25, 0.3) is 0 Å². The maximum atomic E-state index is 11.3. The fourth-order valence-corrected chi connectivity index (χ4v) is 3.73. The molecule has 2 aliphatic rings. The third-order valence-corrected chi connectivity index (χ3v) is 5.30. The van der Waals surface area contributed by atoms with Crippen molar-refractivity contribution in [2.75, 3.05) is 6.61 Å². The zero-order valence-electron chi connectivity index (χ0n) is 16.1. The van der Waals surface area contributed by atoms with E-state index in [-0.39, 0.29) is 5.78 Å². The summed E-state index contributed by atoms with van der Waals surface area (Å²) in [5.74, 6) is -0.0970. The summed E-state index contributed by atoms with van der Waals surface area (Å²) in [4.78, 5) is 11.3. The van der Waals surface area contributed by atoms with Crippen LogP contribution < -0.4 is 0 Å². The van der Waals surface area contributed by atoms with Crippen molar-refractivity contribution < 1.29 is 39.8 Å². The number of hydrogen-bond donors (Lipinski definition) is 5. The minimum atomic E-state index is -1.54. The maximum Gasteiger partial charge on any atom is 0.187 e. The van der Waals surface area contributed by atoms with E-state index >= 15 is 0 Å². The Bertz CT molecular complexity index is 609. The van der Waals surface area contributed by atoms with Crippen LogP contribution in [0.4, 0.5) is 0 Å². The Labute approximate surface area is 158 Å². The molecule has 8 nitrogen and oxygen atoms in total. The summed E-state index contributed by atoms with van der Waals surface area (Å²) in [5, 5.41) is 49.8. The van der Waals surface area contributed by atoms with Gasteiger partial charge in [-0.1, -0.05) is 19.9 Å². The molecule has 1 heterocycles. The van der Waals surface area contributed by atoms with Gasteiger partial charge >= 0.3 is 0 Å². The first-order valence-corrected chi connectivity index (χ1v) is 9.03. The molecule has 1 aliphatic heterocycles. The first-order chi connectivity index (χ1) is 12.5. The lowest BCUT2D eigenvalue weighted by atomic mass is 9.70. The maximum absolute atomic E-state index is 11.3. The summed E-state index contributed by atoms with van der Waals surface area (Å²) in [7, 11) is 0. The van der Waals surface area contributed by atoms with Gasteiger partial charge in [-0.05, 0) is 42.9 Å². The molecule has 7 atom stereocenters. The zero-order chi connectivity index (χ0) is 20.5. The van der Waals surface area contributed by atoms with E-state index in [1.54, 1.807) is 13.0 Å². The molecule has 0 radical (unpaired) electrons. The molecule has 0 aromatic rings. The zero-order valence-corrected chi connectivity index (χ0v) is 16.1. The summed E-state index contributed by atoms with van der Waals surface area (Å²) >= 11 is 0. The lowest BCUT2D eigenvalue weighted by molar-refractivity contribution is -0.318. The Morgan fingerprint density at radius 3 is 2.41 bits per heavy atom. The number of aliphatic hydroxyl groups excluding tert-OH is 5. The quantitative estimate of drug-likeness (QED) is 0.396. The van der Waals surface area contributed by atoms with Gasteiger partial charge in [0.2, 0.25) is 0 Å². The Hall–Kier alpha value is -1.13. The van der Waals surface area contributed by atoms with Crippen molar-refractivity contribution in [2.24, 2.45) is 5.41 Å². The molecule has 0 unspecified atom stereocenters. The van der Waals surface area contributed by atoms with Crippen LogP contribution in [0.2, 0.25) is 0 Å². The van der Waals surface area contributed by atoms with Gasteiger partial charge < -0.3 is 35.0 Å². The Morgan fingerprint density at radius 2 is 1.85 bits per heavy atom. The van der Waals surface area contributed by atoms with Crippen molar-refractivity contribution >= 4 is 5.78 Å². The molecular weight excluding hydrogens is 356 g/mol. The van der Waals surface area contributed by atoms with Crippen LogP contribution in [-0.2, 0) is 14.3 Å². The first-order valence-electron chi connectivity index (χ1n) is 9.03. The van der Waals surface area contributed by atoms with Crippen LogP contribution in [-0.4, -0.2) is 80.8 Å². The second-order valence-electron chi connectivity index (χ2n) is 7.95. The van der Waals surface area contributed by atoms with Crippen molar-refractivity contribution in [2.45, 2.75) is 77.0 Å². The van der Waals surface area contributed by atoms with Crippen LogP contribution in [0.1, 0.15) is 34.1 Å². The molecule has 0 saturated carbocycles. The van der Waals surface area contributed by atoms with E-state index in [9.17, 15) is 30.3 Å². The van der Waals surface area contributed by atoms with E-state index in [1.807, 2.05) is 13.8 Å². The minimum absolute atomic E-state index is 0.0970. The number of hydrogen-bond acceptors (Lipinski definition) is 8. The molecule has 8 heteroatoms. The molecular formula is C19H30O8. The van der Waals surface area contributed by atoms with E-state index < -0.39 is 54.9 Å². The lowest BCUT2D eigenvalue weighted by Crippen LogP contribution is -2.60. The Balaban J connectivity index is 2.22. The largest absolute Gasteiger partial charge is 0.394 e. The Kier molecular flexibility index (Phi) is 6.96. The molecule has 0 bridgehead atoms. The average Bonchev–Trinajstić information content (AvgIpc) is 2.59. The van der Waals surface area contributed by atoms with E-state index in [0.29, 0.717) is 12.0 Å². The first kappa shape index (κ1) is 22.2. The predicted molar refractivity (Wildman–Crippen MR) is 95.6 cm³/mol. The minimum Gasteiger partial charge on any atom is -0.394 e. The highest BCUT2D eigenvalue weighted by molar-refractivity contribution is 5.87. The van der Waals surface area contributed by atoms with E-state index in [0.717, 1.165) is 5.57 Å². The molecule has 0 aromatic heterocycles. The topological polar surface area (TPSA) is 137 Å². The molecule has 2 rings (SSSR count). The van der Waals surface area contributed by atoms with Crippen LogP contribution in [0.25, 0.3) is 0 Å². The van der Waals surface area contributed by atoms with Gasteiger partial charge in [0, 0.05) is 0 Å². The van der Waals surface area contributed by atoms with Gasteiger partial charge in [-0.3, -0.25) is 4.79 Å². The average molecular weight is 386 g/mol. The summed E-state index contributed by atoms with van der Waals surface area (Å²) in [6, 6.07) is 0. The number of carbonyl (C=O) groups is 1. The van der Waals surface area contributed by atoms with Gasteiger partial charge in [0.1, 0.15) is 30.5 Å². The second-order valence-corrected chi connectivity index (χ2v) is 7.95. The number of ether oxygens (including phenoxy) is 2. The standard InChI is InChI=1S/C19H30O8/c1-9(21)5-6-11-10(2)14(22)12(7-19(11,3)4)26-18-17(25)16(24)15(23)13(8-20)27-18/h5-6,12-18,20,22-25H,7-8H2,1-4H3/b6-5+/t12-,13-,14+,15+,16+,17-,18+/m0/s1.